The number of fused-ring (bicyclic) bond motifs is 1. The van der Waals surface area contributed by atoms with Crippen molar-refractivity contribution >= 4 is 17.6 Å². The molecule has 1 aliphatic rings. The number of esters is 1. The SMILES string of the molecule is C=CCc1c(Cl)c2c(c(C)c1OC)COC2=O. The van der Waals surface area contributed by atoms with E-state index in [1.54, 1.807) is 13.2 Å². The van der Waals surface area contributed by atoms with E-state index in [0.717, 1.165) is 16.7 Å². The second-order valence-electron chi connectivity index (χ2n) is 3.87. The van der Waals surface area contributed by atoms with E-state index < -0.39 is 0 Å². The van der Waals surface area contributed by atoms with Gasteiger partial charge in [0.15, 0.2) is 0 Å². The van der Waals surface area contributed by atoms with Crippen molar-refractivity contribution in [1.82, 2.24) is 0 Å². The molecule has 0 amide bonds. The van der Waals surface area contributed by atoms with Gasteiger partial charge in [-0.1, -0.05) is 17.7 Å². The van der Waals surface area contributed by atoms with Gasteiger partial charge in [-0.05, 0) is 18.9 Å². The first-order valence-corrected chi connectivity index (χ1v) is 5.65. The van der Waals surface area contributed by atoms with Crippen LogP contribution < -0.4 is 4.74 Å². The summed E-state index contributed by atoms with van der Waals surface area (Å²) in [7, 11) is 1.59. The van der Waals surface area contributed by atoms with Crippen molar-refractivity contribution in [3.05, 3.63) is 39.9 Å². The van der Waals surface area contributed by atoms with Crippen molar-refractivity contribution in [2.75, 3.05) is 7.11 Å². The largest absolute Gasteiger partial charge is 0.496 e. The van der Waals surface area contributed by atoms with Crippen LogP contribution in [0.1, 0.15) is 27.0 Å². The average Bonchev–Trinajstić information content (AvgIpc) is 2.69. The van der Waals surface area contributed by atoms with Gasteiger partial charge in [-0.3, -0.25) is 0 Å². The minimum atomic E-state index is -0.360. The Labute approximate surface area is 105 Å². The number of rotatable bonds is 3. The fourth-order valence-corrected chi connectivity index (χ4v) is 2.49. The summed E-state index contributed by atoms with van der Waals surface area (Å²) in [6, 6.07) is 0. The van der Waals surface area contributed by atoms with Gasteiger partial charge in [0.05, 0.1) is 17.7 Å². The van der Waals surface area contributed by atoms with Gasteiger partial charge in [0.1, 0.15) is 12.4 Å². The van der Waals surface area contributed by atoms with Crippen molar-refractivity contribution < 1.29 is 14.3 Å². The van der Waals surface area contributed by atoms with Gasteiger partial charge in [0.2, 0.25) is 0 Å². The highest BCUT2D eigenvalue weighted by molar-refractivity contribution is 6.35. The molecule has 0 bridgehead atoms. The first-order chi connectivity index (χ1) is 8.11. The smallest absolute Gasteiger partial charge is 0.340 e. The van der Waals surface area contributed by atoms with Gasteiger partial charge in [-0.15, -0.1) is 6.58 Å². The van der Waals surface area contributed by atoms with Crippen molar-refractivity contribution in [3.63, 3.8) is 0 Å². The lowest BCUT2D eigenvalue weighted by molar-refractivity contribution is 0.0535. The Morgan fingerprint density at radius 3 is 2.88 bits per heavy atom. The maximum Gasteiger partial charge on any atom is 0.340 e. The molecule has 2 rings (SSSR count). The summed E-state index contributed by atoms with van der Waals surface area (Å²) in [6.07, 6.45) is 2.29. The van der Waals surface area contributed by atoms with Crippen LogP contribution in [0.2, 0.25) is 5.02 Å². The predicted molar refractivity (Wildman–Crippen MR) is 65.8 cm³/mol. The third-order valence-electron chi connectivity index (χ3n) is 2.96. The minimum Gasteiger partial charge on any atom is -0.496 e. The summed E-state index contributed by atoms with van der Waals surface area (Å²) in [6.45, 7) is 5.86. The van der Waals surface area contributed by atoms with Gasteiger partial charge < -0.3 is 9.47 Å². The molecule has 3 nitrogen and oxygen atoms in total. The average molecular weight is 253 g/mol. The van der Waals surface area contributed by atoms with E-state index in [1.165, 1.54) is 0 Å². The van der Waals surface area contributed by atoms with Gasteiger partial charge in [0.25, 0.3) is 0 Å². The van der Waals surface area contributed by atoms with Gasteiger partial charge in [0, 0.05) is 11.1 Å². The first kappa shape index (κ1) is 12.0. The van der Waals surface area contributed by atoms with Crippen molar-refractivity contribution in [1.29, 1.82) is 0 Å². The number of hydrogen-bond donors (Lipinski definition) is 0. The number of halogens is 1. The first-order valence-electron chi connectivity index (χ1n) is 5.27. The van der Waals surface area contributed by atoms with Gasteiger partial charge >= 0.3 is 5.97 Å². The molecule has 0 N–H and O–H groups in total. The monoisotopic (exact) mass is 252 g/mol. The van der Waals surface area contributed by atoms with Crippen LogP contribution in [0.15, 0.2) is 12.7 Å². The Hall–Kier alpha value is -1.48. The number of cyclic esters (lactones) is 1. The topological polar surface area (TPSA) is 35.5 Å². The molecule has 0 atom stereocenters. The summed E-state index contributed by atoms with van der Waals surface area (Å²) in [5.74, 6) is 0.355. The van der Waals surface area contributed by atoms with Crippen molar-refractivity contribution in [2.24, 2.45) is 0 Å². The fraction of sp³-hybridized carbons (Fsp3) is 0.308. The molecular formula is C13H13ClO3. The molecule has 0 radical (unpaired) electrons. The van der Waals surface area contributed by atoms with Crippen LogP contribution in [-0.4, -0.2) is 13.1 Å². The summed E-state index contributed by atoms with van der Waals surface area (Å²) in [5.41, 5.74) is 3.00. The number of carbonyl (C=O) groups excluding carboxylic acids is 1. The van der Waals surface area contributed by atoms with Crippen LogP contribution in [-0.2, 0) is 17.8 Å². The molecule has 0 aromatic heterocycles. The van der Waals surface area contributed by atoms with Crippen LogP contribution in [0.3, 0.4) is 0 Å². The van der Waals surface area contributed by atoms with E-state index in [2.05, 4.69) is 6.58 Å². The zero-order valence-electron chi connectivity index (χ0n) is 9.80. The predicted octanol–water partition coefficient (Wildman–Crippen LogP) is 3.06. The Morgan fingerprint density at radius 2 is 2.29 bits per heavy atom. The second-order valence-corrected chi connectivity index (χ2v) is 4.25. The van der Waals surface area contributed by atoms with E-state index >= 15 is 0 Å². The lowest BCUT2D eigenvalue weighted by Crippen LogP contribution is -2.03. The fourth-order valence-electron chi connectivity index (χ4n) is 2.14. The quantitative estimate of drug-likeness (QED) is 0.613. The summed E-state index contributed by atoms with van der Waals surface area (Å²) < 4.78 is 10.4. The number of ether oxygens (including phenoxy) is 2. The molecule has 1 heterocycles. The standard InChI is InChI=1S/C13H13ClO3/c1-4-5-8-11(14)10-9(6-17-13(10)15)7(2)12(8)16-3/h4H,1,5-6H2,2-3H3. The van der Waals surface area contributed by atoms with E-state index in [1.807, 2.05) is 6.92 Å². The second kappa shape index (κ2) is 4.41. The van der Waals surface area contributed by atoms with Gasteiger partial charge in [-0.25, -0.2) is 4.79 Å². The molecule has 0 saturated heterocycles. The molecule has 1 aliphatic heterocycles. The Bertz CT molecular complexity index is 506. The molecule has 0 fully saturated rings. The molecular weight excluding hydrogens is 240 g/mol. The van der Waals surface area contributed by atoms with E-state index in [4.69, 9.17) is 21.1 Å². The third kappa shape index (κ3) is 1.71. The van der Waals surface area contributed by atoms with Crippen LogP contribution in [0, 0.1) is 6.92 Å². The summed E-state index contributed by atoms with van der Waals surface area (Å²) >= 11 is 6.26. The third-order valence-corrected chi connectivity index (χ3v) is 3.37. The van der Waals surface area contributed by atoms with Gasteiger partial charge in [-0.2, -0.15) is 0 Å². The normalized spacial score (nSPS) is 13.2. The van der Waals surface area contributed by atoms with Crippen LogP contribution in [0.25, 0.3) is 0 Å². The summed E-state index contributed by atoms with van der Waals surface area (Å²) in [5, 5.41) is 0.421. The molecule has 17 heavy (non-hydrogen) atoms. The molecule has 90 valence electrons. The number of hydrogen-bond acceptors (Lipinski definition) is 3. The number of methoxy groups -OCH3 is 1. The molecule has 4 heteroatoms. The van der Waals surface area contributed by atoms with Crippen molar-refractivity contribution in [2.45, 2.75) is 20.0 Å². The lowest BCUT2D eigenvalue weighted by atomic mass is 9.97. The molecule has 0 saturated carbocycles. The maximum atomic E-state index is 11.6. The van der Waals surface area contributed by atoms with E-state index in [0.29, 0.717) is 22.8 Å². The molecule has 0 spiro atoms. The Balaban J connectivity index is 2.76. The number of allylic oxidation sites excluding steroid dienone is 1. The highest BCUT2D eigenvalue weighted by Crippen LogP contribution is 2.40. The minimum absolute atomic E-state index is 0.268. The van der Waals surface area contributed by atoms with Crippen LogP contribution in [0.5, 0.6) is 5.75 Å². The Morgan fingerprint density at radius 1 is 1.59 bits per heavy atom. The zero-order valence-corrected chi connectivity index (χ0v) is 10.6. The lowest BCUT2D eigenvalue weighted by Gasteiger charge is -2.15. The highest BCUT2D eigenvalue weighted by Gasteiger charge is 2.30. The van der Waals surface area contributed by atoms with Crippen LogP contribution in [0.4, 0.5) is 0 Å². The van der Waals surface area contributed by atoms with Crippen LogP contribution >= 0.6 is 11.6 Å². The molecule has 1 aromatic carbocycles. The van der Waals surface area contributed by atoms with Crippen molar-refractivity contribution in [3.8, 4) is 5.75 Å². The van der Waals surface area contributed by atoms with E-state index in [-0.39, 0.29) is 12.6 Å². The Kier molecular flexibility index (Phi) is 3.11. The molecule has 0 aliphatic carbocycles. The zero-order chi connectivity index (χ0) is 12.6. The van der Waals surface area contributed by atoms with E-state index in [9.17, 15) is 4.79 Å². The molecule has 1 aromatic rings. The number of carbonyl (C=O) groups is 1. The maximum absolute atomic E-state index is 11.6. The highest BCUT2D eigenvalue weighted by atomic mass is 35.5. The summed E-state index contributed by atoms with van der Waals surface area (Å²) in [4.78, 5) is 11.6. The molecule has 0 unspecified atom stereocenters. The number of benzene rings is 1.